The van der Waals surface area contributed by atoms with Gasteiger partial charge in [-0.15, -0.1) is 0 Å². The molecular weight excluding hydrogens is 517 g/mol. The quantitative estimate of drug-likeness (QED) is 0.122. The van der Waals surface area contributed by atoms with Crippen LogP contribution in [-0.4, -0.2) is 54.4 Å². The summed E-state index contributed by atoms with van der Waals surface area (Å²) in [5.41, 5.74) is 3.22. The second-order valence-electron chi connectivity index (χ2n) is 9.20. The third-order valence-electron chi connectivity index (χ3n) is 6.94. The largest absolute Gasteiger partial charge is 0.377 e. The standard InChI is InChI=1S/C29H37NO2P.CH3Br/c31-29(27-15-7-2-8-16-27,28-17-9-3-10-18-28)33-24-22-30(19-11-4-12-20-30)21-23-32-25-26-13-5-1-6-14-26;1-2/h1-3,5-10,13-18,31,33H,4,11-12,19-25H2;1H3/q+1;. The molecule has 1 unspecified atom stereocenters. The molecule has 1 heterocycles. The fraction of sp³-hybridized carbons (Fsp3) is 0.400. The van der Waals surface area contributed by atoms with Crippen LogP contribution in [0.4, 0.5) is 0 Å². The topological polar surface area (TPSA) is 29.5 Å². The summed E-state index contributed by atoms with van der Waals surface area (Å²) in [6, 6.07) is 30.8. The molecule has 4 rings (SSSR count). The molecule has 3 aromatic rings. The fourth-order valence-corrected chi connectivity index (χ4v) is 6.66. The summed E-state index contributed by atoms with van der Waals surface area (Å²) in [7, 11) is 0.418. The number of rotatable bonds is 11. The Hall–Kier alpha value is -1.55. The molecule has 0 spiro atoms. The van der Waals surface area contributed by atoms with Crippen molar-refractivity contribution in [2.75, 3.05) is 44.8 Å². The molecule has 5 heteroatoms. The fourth-order valence-electron chi connectivity index (χ4n) is 4.97. The van der Waals surface area contributed by atoms with E-state index in [-0.39, 0.29) is 0 Å². The Kier molecular flexibility index (Phi) is 11.9. The van der Waals surface area contributed by atoms with Crippen LogP contribution in [0.3, 0.4) is 0 Å². The minimum absolute atomic E-state index is 0.418. The van der Waals surface area contributed by atoms with Gasteiger partial charge in [0.2, 0.25) is 0 Å². The van der Waals surface area contributed by atoms with E-state index in [0.29, 0.717) is 15.2 Å². The van der Waals surface area contributed by atoms with Crippen molar-refractivity contribution in [3.63, 3.8) is 0 Å². The third-order valence-corrected chi connectivity index (χ3v) is 8.50. The lowest BCUT2D eigenvalue weighted by Gasteiger charge is -2.42. The highest BCUT2D eigenvalue weighted by atomic mass is 79.9. The van der Waals surface area contributed by atoms with E-state index in [4.69, 9.17) is 4.74 Å². The number of nitrogens with zero attached hydrogens (tertiary/aromatic N) is 1. The summed E-state index contributed by atoms with van der Waals surface area (Å²) < 4.78 is 7.20. The normalized spacial score (nSPS) is 15.5. The molecule has 1 saturated heterocycles. The first kappa shape index (κ1) is 28.0. The van der Waals surface area contributed by atoms with E-state index in [2.05, 4.69) is 64.5 Å². The maximum Gasteiger partial charge on any atom is 0.131 e. The van der Waals surface area contributed by atoms with Crippen molar-refractivity contribution < 1.29 is 14.3 Å². The maximum absolute atomic E-state index is 11.9. The lowest BCUT2D eigenvalue weighted by Crippen LogP contribution is -2.54. The molecular formula is C30H40BrNO2P+. The van der Waals surface area contributed by atoms with Gasteiger partial charge >= 0.3 is 0 Å². The van der Waals surface area contributed by atoms with Crippen LogP contribution in [-0.2, 0) is 16.7 Å². The molecule has 35 heavy (non-hydrogen) atoms. The minimum Gasteiger partial charge on any atom is -0.377 e. The summed E-state index contributed by atoms with van der Waals surface area (Å²) >= 11 is 2.94. The first-order valence-electron chi connectivity index (χ1n) is 12.6. The van der Waals surface area contributed by atoms with E-state index in [9.17, 15) is 5.11 Å². The average molecular weight is 558 g/mol. The number of piperidine rings is 1. The molecule has 3 aromatic carbocycles. The Labute approximate surface area is 222 Å². The van der Waals surface area contributed by atoms with E-state index < -0.39 is 5.34 Å². The van der Waals surface area contributed by atoms with Crippen LogP contribution in [0.25, 0.3) is 0 Å². The van der Waals surface area contributed by atoms with Crippen LogP contribution >= 0.6 is 24.5 Å². The first-order chi connectivity index (χ1) is 17.2. The lowest BCUT2D eigenvalue weighted by molar-refractivity contribution is -0.930. The number of benzene rings is 3. The molecule has 188 valence electrons. The van der Waals surface area contributed by atoms with E-state index in [1.54, 1.807) is 0 Å². The van der Waals surface area contributed by atoms with Crippen LogP contribution in [0.15, 0.2) is 91.0 Å². The average Bonchev–Trinajstić information content (AvgIpc) is 2.94. The van der Waals surface area contributed by atoms with Gasteiger partial charge in [0.15, 0.2) is 0 Å². The molecule has 1 aliphatic heterocycles. The molecule has 0 aromatic heterocycles. The van der Waals surface area contributed by atoms with Crippen molar-refractivity contribution in [1.82, 2.24) is 0 Å². The van der Waals surface area contributed by atoms with E-state index in [1.807, 2.05) is 48.3 Å². The summed E-state index contributed by atoms with van der Waals surface area (Å²) in [6.07, 6.45) is 4.94. The zero-order chi connectivity index (χ0) is 24.8. The monoisotopic (exact) mass is 556 g/mol. The second kappa shape index (κ2) is 14.9. The molecule has 0 aliphatic carbocycles. The van der Waals surface area contributed by atoms with Gasteiger partial charge in [0.05, 0.1) is 32.8 Å². The van der Waals surface area contributed by atoms with Crippen molar-refractivity contribution >= 4 is 24.5 Å². The van der Waals surface area contributed by atoms with Gasteiger partial charge in [0, 0.05) is 6.16 Å². The predicted octanol–water partition coefficient (Wildman–Crippen LogP) is 6.79. The van der Waals surface area contributed by atoms with Gasteiger partial charge in [-0.1, -0.05) is 116 Å². The first-order valence-corrected chi connectivity index (χ1v) is 15.4. The van der Waals surface area contributed by atoms with Gasteiger partial charge in [0.25, 0.3) is 0 Å². The summed E-state index contributed by atoms with van der Waals surface area (Å²) in [6.45, 7) is 6.11. The molecule has 1 fully saturated rings. The molecule has 0 radical (unpaired) electrons. The summed E-state index contributed by atoms with van der Waals surface area (Å²) in [5, 5.41) is 11.0. The van der Waals surface area contributed by atoms with Gasteiger partial charge in [-0.25, -0.2) is 0 Å². The van der Waals surface area contributed by atoms with Crippen LogP contribution in [0.1, 0.15) is 36.0 Å². The molecule has 1 atom stereocenters. The summed E-state index contributed by atoms with van der Waals surface area (Å²) in [4.78, 5) is 0. The zero-order valence-electron chi connectivity index (χ0n) is 20.9. The van der Waals surface area contributed by atoms with Crippen LogP contribution in [0.5, 0.6) is 0 Å². The highest BCUT2D eigenvalue weighted by molar-refractivity contribution is 9.08. The van der Waals surface area contributed by atoms with E-state index >= 15 is 0 Å². The van der Waals surface area contributed by atoms with Crippen molar-refractivity contribution in [3.8, 4) is 0 Å². The number of quaternary nitrogens is 1. The second-order valence-corrected chi connectivity index (χ2v) is 10.8. The Morgan fingerprint density at radius 3 is 1.83 bits per heavy atom. The SMILES string of the molecule is CBr.OC(PCC[N+]1(CCOCc2ccccc2)CCCCC1)(c1ccccc1)c1ccccc1. The number of ether oxygens (including phenoxy) is 1. The number of alkyl halides is 1. The number of halogens is 1. The highest BCUT2D eigenvalue weighted by Gasteiger charge is 2.34. The number of aliphatic hydroxyl groups is 1. The molecule has 1 N–H and O–H groups in total. The van der Waals surface area contributed by atoms with E-state index in [0.717, 1.165) is 41.5 Å². The van der Waals surface area contributed by atoms with Gasteiger partial charge < -0.3 is 14.3 Å². The van der Waals surface area contributed by atoms with Crippen molar-refractivity contribution in [3.05, 3.63) is 108 Å². The predicted molar refractivity (Wildman–Crippen MR) is 154 cm³/mol. The molecule has 3 nitrogen and oxygen atoms in total. The van der Waals surface area contributed by atoms with Crippen molar-refractivity contribution in [2.45, 2.75) is 31.2 Å². The Bertz CT molecular complexity index is 910. The van der Waals surface area contributed by atoms with Gasteiger partial charge in [-0.05, 0) is 41.8 Å². The zero-order valence-corrected chi connectivity index (χ0v) is 23.5. The van der Waals surface area contributed by atoms with Crippen LogP contribution in [0, 0.1) is 0 Å². The number of hydrogen-bond donors (Lipinski definition) is 1. The highest BCUT2D eigenvalue weighted by Crippen LogP contribution is 2.45. The lowest BCUT2D eigenvalue weighted by atomic mass is 10.0. The minimum atomic E-state index is -0.924. The Morgan fingerprint density at radius 2 is 1.29 bits per heavy atom. The van der Waals surface area contributed by atoms with Crippen LogP contribution < -0.4 is 0 Å². The van der Waals surface area contributed by atoms with Crippen molar-refractivity contribution in [1.29, 1.82) is 0 Å². The van der Waals surface area contributed by atoms with Gasteiger partial charge in [-0.3, -0.25) is 0 Å². The number of hydrogen-bond acceptors (Lipinski definition) is 2. The third kappa shape index (κ3) is 8.23. The molecule has 0 amide bonds. The van der Waals surface area contributed by atoms with E-state index in [1.165, 1.54) is 37.9 Å². The Balaban J connectivity index is 0.00000167. The van der Waals surface area contributed by atoms with Crippen LogP contribution in [0.2, 0.25) is 0 Å². The van der Waals surface area contributed by atoms with Gasteiger partial charge in [0.1, 0.15) is 11.9 Å². The molecule has 0 saturated carbocycles. The Morgan fingerprint density at radius 1 is 0.771 bits per heavy atom. The maximum atomic E-state index is 11.9. The molecule has 0 bridgehead atoms. The summed E-state index contributed by atoms with van der Waals surface area (Å²) in [5.74, 6) is 1.81. The van der Waals surface area contributed by atoms with Crippen molar-refractivity contribution in [2.24, 2.45) is 0 Å². The van der Waals surface area contributed by atoms with Gasteiger partial charge in [-0.2, -0.15) is 0 Å². The molecule has 1 aliphatic rings. The number of likely N-dealkylation sites (tertiary alicyclic amines) is 1. The smallest absolute Gasteiger partial charge is 0.131 e.